The molecule has 1 heterocycles. The van der Waals surface area contributed by atoms with Crippen LogP contribution >= 0.6 is 11.6 Å². The van der Waals surface area contributed by atoms with Gasteiger partial charge in [-0.15, -0.1) is 0 Å². The largest absolute Gasteiger partial charge is 0.490 e. The normalized spacial score (nSPS) is 19.4. The first-order valence-electron chi connectivity index (χ1n) is 8.28. The lowest BCUT2D eigenvalue weighted by Gasteiger charge is -2.29. The topological polar surface area (TPSA) is 108 Å². The molecular weight excluding hydrogens is 356 g/mol. The summed E-state index contributed by atoms with van der Waals surface area (Å²) >= 11 is 6.02. The Hall–Kier alpha value is -2.85. The number of amides is 1. The summed E-state index contributed by atoms with van der Waals surface area (Å²) in [6, 6.07) is 9.75. The van der Waals surface area contributed by atoms with Gasteiger partial charge in [-0.05, 0) is 43.9 Å². The van der Waals surface area contributed by atoms with Crippen LogP contribution in [0.4, 0.5) is 0 Å². The molecule has 0 bridgehead atoms. The van der Waals surface area contributed by atoms with E-state index in [2.05, 4.69) is 15.5 Å². The van der Waals surface area contributed by atoms with E-state index < -0.39 is 0 Å². The molecule has 134 valence electrons. The second-order valence-corrected chi connectivity index (χ2v) is 6.53. The van der Waals surface area contributed by atoms with E-state index >= 15 is 0 Å². The number of rotatable bonds is 4. The molecular formula is C18H17ClN4O3. The number of carbonyl (C=O) groups is 1. The first kappa shape index (κ1) is 18.0. The van der Waals surface area contributed by atoms with Crippen LogP contribution in [0.3, 0.4) is 0 Å². The van der Waals surface area contributed by atoms with Crippen molar-refractivity contribution in [3.8, 4) is 11.8 Å². The molecule has 0 radical (unpaired) electrons. The number of aromatic amines is 1. The van der Waals surface area contributed by atoms with Gasteiger partial charge in [-0.1, -0.05) is 11.6 Å². The van der Waals surface area contributed by atoms with E-state index in [1.54, 1.807) is 18.2 Å². The Labute approximate surface area is 154 Å². The van der Waals surface area contributed by atoms with E-state index in [0.29, 0.717) is 16.3 Å². The highest BCUT2D eigenvalue weighted by Gasteiger charge is 2.24. The highest BCUT2D eigenvalue weighted by atomic mass is 35.5. The summed E-state index contributed by atoms with van der Waals surface area (Å²) in [4.78, 5) is 23.1. The van der Waals surface area contributed by atoms with Crippen molar-refractivity contribution in [2.45, 2.75) is 37.8 Å². The number of H-pyrrole nitrogens is 1. The molecule has 3 rings (SSSR count). The van der Waals surface area contributed by atoms with Gasteiger partial charge in [-0.3, -0.25) is 9.59 Å². The molecule has 26 heavy (non-hydrogen) atoms. The third-order valence-corrected chi connectivity index (χ3v) is 4.60. The summed E-state index contributed by atoms with van der Waals surface area (Å²) in [5, 5.41) is 18.2. The van der Waals surface area contributed by atoms with Crippen LogP contribution in [-0.2, 0) is 0 Å². The predicted molar refractivity (Wildman–Crippen MR) is 95.2 cm³/mol. The second-order valence-electron chi connectivity index (χ2n) is 6.12. The zero-order valence-electron chi connectivity index (χ0n) is 13.9. The maximum absolute atomic E-state index is 12.1. The highest BCUT2D eigenvalue weighted by Crippen LogP contribution is 2.27. The van der Waals surface area contributed by atoms with Gasteiger partial charge in [-0.2, -0.15) is 10.4 Å². The molecule has 0 atom stereocenters. The first-order valence-corrected chi connectivity index (χ1v) is 8.66. The highest BCUT2D eigenvalue weighted by molar-refractivity contribution is 6.31. The second kappa shape index (κ2) is 8.02. The minimum absolute atomic E-state index is 0.0401. The maximum Gasteiger partial charge on any atom is 0.271 e. The fourth-order valence-electron chi connectivity index (χ4n) is 2.91. The van der Waals surface area contributed by atoms with Crippen molar-refractivity contribution in [1.29, 1.82) is 5.26 Å². The van der Waals surface area contributed by atoms with Gasteiger partial charge in [0.15, 0.2) is 0 Å². The fraction of sp³-hybridized carbons (Fsp3) is 0.333. The third-order valence-electron chi connectivity index (χ3n) is 4.28. The van der Waals surface area contributed by atoms with Gasteiger partial charge in [0.2, 0.25) is 0 Å². The number of nitrogens with zero attached hydrogens (tertiary/aromatic N) is 2. The average Bonchev–Trinajstić information content (AvgIpc) is 2.64. The van der Waals surface area contributed by atoms with Crippen LogP contribution in [0.5, 0.6) is 5.75 Å². The van der Waals surface area contributed by atoms with E-state index in [9.17, 15) is 9.59 Å². The van der Waals surface area contributed by atoms with Crippen molar-refractivity contribution >= 4 is 17.5 Å². The maximum atomic E-state index is 12.1. The Morgan fingerprint density at radius 1 is 1.27 bits per heavy atom. The van der Waals surface area contributed by atoms with Crippen molar-refractivity contribution in [3.63, 3.8) is 0 Å². The summed E-state index contributed by atoms with van der Waals surface area (Å²) in [5.41, 5.74) is 0.263. The Kier molecular flexibility index (Phi) is 5.54. The molecule has 7 nitrogen and oxygen atoms in total. The molecule has 1 aromatic heterocycles. The van der Waals surface area contributed by atoms with E-state index in [1.807, 2.05) is 6.07 Å². The molecule has 1 aliphatic carbocycles. The fourth-order valence-corrected chi connectivity index (χ4v) is 3.12. The minimum atomic E-state index is -0.345. The minimum Gasteiger partial charge on any atom is -0.490 e. The van der Waals surface area contributed by atoms with E-state index in [1.165, 1.54) is 12.1 Å². The smallest absolute Gasteiger partial charge is 0.271 e. The van der Waals surface area contributed by atoms with Crippen LogP contribution in [-0.4, -0.2) is 28.3 Å². The monoisotopic (exact) mass is 372 g/mol. The SMILES string of the molecule is N#Cc1ccc(OC2CCC(NC(=O)c3ccc(=O)[nH]n3)CC2)cc1Cl. The number of benzene rings is 1. The molecule has 8 heteroatoms. The van der Waals surface area contributed by atoms with Crippen LogP contribution in [0, 0.1) is 11.3 Å². The number of ether oxygens (including phenoxy) is 1. The number of carbonyl (C=O) groups excluding carboxylic acids is 1. The van der Waals surface area contributed by atoms with Crippen molar-refractivity contribution in [3.05, 3.63) is 57.0 Å². The van der Waals surface area contributed by atoms with Crippen LogP contribution in [0.2, 0.25) is 5.02 Å². The van der Waals surface area contributed by atoms with Gasteiger partial charge >= 0.3 is 0 Å². The van der Waals surface area contributed by atoms with Gasteiger partial charge in [0, 0.05) is 18.2 Å². The molecule has 2 N–H and O–H groups in total. The lowest BCUT2D eigenvalue weighted by molar-refractivity contribution is 0.0888. The Morgan fingerprint density at radius 3 is 2.65 bits per heavy atom. The number of aromatic nitrogens is 2. The molecule has 1 aromatic carbocycles. The first-order chi connectivity index (χ1) is 12.5. The third kappa shape index (κ3) is 4.41. The number of hydrogen-bond donors (Lipinski definition) is 2. The van der Waals surface area contributed by atoms with Crippen molar-refractivity contribution in [1.82, 2.24) is 15.5 Å². The Balaban J connectivity index is 1.50. The Morgan fingerprint density at radius 2 is 2.04 bits per heavy atom. The molecule has 0 aliphatic heterocycles. The summed E-state index contributed by atoms with van der Waals surface area (Å²) < 4.78 is 5.93. The van der Waals surface area contributed by atoms with Crippen molar-refractivity contribution in [2.75, 3.05) is 0 Å². The summed E-state index contributed by atoms with van der Waals surface area (Å²) in [7, 11) is 0. The van der Waals surface area contributed by atoms with Crippen LogP contribution < -0.4 is 15.6 Å². The number of nitrogens with one attached hydrogen (secondary N) is 2. The molecule has 0 spiro atoms. The van der Waals surface area contributed by atoms with E-state index in [0.717, 1.165) is 25.7 Å². The molecule has 1 aliphatic rings. The quantitative estimate of drug-likeness (QED) is 0.856. The van der Waals surface area contributed by atoms with Crippen LogP contribution in [0.25, 0.3) is 0 Å². The Bertz CT molecular complexity index is 878. The van der Waals surface area contributed by atoms with Crippen molar-refractivity contribution < 1.29 is 9.53 Å². The average molecular weight is 373 g/mol. The molecule has 1 saturated carbocycles. The van der Waals surface area contributed by atoms with Gasteiger partial charge in [0.1, 0.15) is 17.5 Å². The lowest BCUT2D eigenvalue weighted by Crippen LogP contribution is -2.40. The van der Waals surface area contributed by atoms with Crippen LogP contribution in [0.15, 0.2) is 35.1 Å². The van der Waals surface area contributed by atoms with E-state index in [4.69, 9.17) is 21.6 Å². The molecule has 1 fully saturated rings. The molecule has 2 aromatic rings. The van der Waals surface area contributed by atoms with E-state index in [-0.39, 0.29) is 29.3 Å². The number of nitriles is 1. The van der Waals surface area contributed by atoms with Gasteiger partial charge in [0.25, 0.3) is 11.5 Å². The summed E-state index contributed by atoms with van der Waals surface area (Å²) in [6.45, 7) is 0. The summed E-state index contributed by atoms with van der Waals surface area (Å²) in [6.07, 6.45) is 3.19. The van der Waals surface area contributed by atoms with Gasteiger partial charge in [-0.25, -0.2) is 5.10 Å². The van der Waals surface area contributed by atoms with Crippen molar-refractivity contribution in [2.24, 2.45) is 0 Å². The number of halogens is 1. The zero-order chi connectivity index (χ0) is 18.5. The predicted octanol–water partition coefficient (Wildman–Crippen LogP) is 2.41. The van der Waals surface area contributed by atoms with Crippen LogP contribution in [0.1, 0.15) is 41.7 Å². The number of hydrogen-bond acceptors (Lipinski definition) is 5. The molecule has 0 unspecified atom stereocenters. The summed E-state index contributed by atoms with van der Waals surface area (Å²) in [5.74, 6) is 0.336. The standard InChI is InChI=1S/C18H17ClN4O3/c19-15-9-14(4-1-11(15)10-20)26-13-5-2-12(3-6-13)21-18(25)16-7-8-17(24)23-22-16/h1,4,7-9,12-13H,2-3,5-6H2,(H,21,25)(H,23,24). The zero-order valence-corrected chi connectivity index (χ0v) is 14.6. The van der Waals surface area contributed by atoms with Gasteiger partial charge in [0.05, 0.1) is 16.7 Å². The molecule has 0 saturated heterocycles. The molecule has 1 amide bonds. The van der Waals surface area contributed by atoms with Gasteiger partial charge < -0.3 is 10.1 Å². The lowest BCUT2D eigenvalue weighted by atomic mass is 9.93.